The Morgan fingerprint density at radius 2 is 2.42 bits per heavy atom. The quantitative estimate of drug-likeness (QED) is 0.726. The maximum Gasteiger partial charge on any atom is 0.226 e. The number of rotatable bonds is 4. The van der Waals surface area contributed by atoms with E-state index in [0.29, 0.717) is 5.76 Å². The van der Waals surface area contributed by atoms with Gasteiger partial charge in [-0.15, -0.1) is 11.6 Å². The summed E-state index contributed by atoms with van der Waals surface area (Å²) < 4.78 is 28.4. The van der Waals surface area contributed by atoms with Crippen LogP contribution in [0.5, 0.6) is 0 Å². The number of aromatic nitrogens is 1. The van der Waals surface area contributed by atoms with E-state index in [4.69, 9.17) is 11.6 Å². The van der Waals surface area contributed by atoms with Gasteiger partial charge in [-0.2, -0.15) is 0 Å². The summed E-state index contributed by atoms with van der Waals surface area (Å²) in [5.41, 5.74) is 0. The molecule has 1 aromatic rings. The van der Waals surface area contributed by atoms with Gasteiger partial charge in [0.1, 0.15) is 5.21 Å². The van der Waals surface area contributed by atoms with Crippen molar-refractivity contribution < 1.29 is 12.9 Å². The van der Waals surface area contributed by atoms with Gasteiger partial charge in [-0.1, -0.05) is 5.16 Å². The third-order valence-corrected chi connectivity index (χ3v) is 2.83. The second-order valence-corrected chi connectivity index (χ2v) is 4.41. The van der Waals surface area contributed by atoms with E-state index in [1.807, 2.05) is 0 Å². The van der Waals surface area contributed by atoms with Gasteiger partial charge in [-0.05, 0) is 0 Å². The molecule has 0 radical (unpaired) electrons. The van der Waals surface area contributed by atoms with E-state index < -0.39 is 15.2 Å². The lowest BCUT2D eigenvalue weighted by molar-refractivity contribution is 0.380. The molecule has 7 heteroatoms. The Morgan fingerprint density at radius 3 is 2.92 bits per heavy atom. The van der Waals surface area contributed by atoms with Crippen molar-refractivity contribution in [3.05, 3.63) is 18.0 Å². The van der Waals surface area contributed by atoms with Crippen molar-refractivity contribution in [2.75, 3.05) is 5.21 Å². The van der Waals surface area contributed by atoms with Crippen LogP contribution >= 0.6 is 11.6 Å². The molecule has 0 atom stereocenters. The Balaban J connectivity index is 2.47. The molecular weight excluding hydrogens is 204 g/mol. The number of hydrogen-bond acceptors (Lipinski definition) is 4. The first kappa shape index (κ1) is 9.50. The standard InChI is InChI=1S/C5H7ClN2O3S/c6-4-12(9,10)8-3-5-1-2-7-11-5/h1-2,8H,3-4H2. The lowest BCUT2D eigenvalue weighted by atomic mass is 10.5. The summed E-state index contributed by atoms with van der Waals surface area (Å²) >= 11 is 5.14. The highest BCUT2D eigenvalue weighted by Gasteiger charge is 2.08. The highest BCUT2D eigenvalue weighted by Crippen LogP contribution is 1.97. The highest BCUT2D eigenvalue weighted by molar-refractivity contribution is 7.90. The molecule has 0 aliphatic heterocycles. The molecule has 0 aliphatic rings. The van der Waals surface area contributed by atoms with Crippen LogP contribution in [-0.2, 0) is 16.6 Å². The van der Waals surface area contributed by atoms with Crippen LogP contribution in [0, 0.1) is 0 Å². The van der Waals surface area contributed by atoms with Crippen molar-refractivity contribution in [2.24, 2.45) is 0 Å². The minimum absolute atomic E-state index is 0.0784. The largest absolute Gasteiger partial charge is 0.360 e. The summed E-state index contributed by atoms with van der Waals surface area (Å²) in [6.45, 7) is 0.0784. The molecule has 0 fully saturated rings. The van der Waals surface area contributed by atoms with Crippen molar-refractivity contribution >= 4 is 21.6 Å². The number of nitrogens with zero attached hydrogens (tertiary/aromatic N) is 1. The molecule has 0 saturated heterocycles. The van der Waals surface area contributed by atoms with E-state index in [-0.39, 0.29) is 6.54 Å². The molecule has 0 saturated carbocycles. The predicted octanol–water partition coefficient (Wildman–Crippen LogP) is 0.290. The zero-order valence-corrected chi connectivity index (χ0v) is 7.60. The Bertz CT molecular complexity index is 320. The molecule has 0 aliphatic carbocycles. The topological polar surface area (TPSA) is 72.2 Å². The van der Waals surface area contributed by atoms with E-state index >= 15 is 0 Å². The first-order valence-electron chi connectivity index (χ1n) is 3.07. The van der Waals surface area contributed by atoms with Crippen LogP contribution in [0.25, 0.3) is 0 Å². The van der Waals surface area contributed by atoms with Gasteiger partial charge in [0, 0.05) is 6.07 Å². The molecule has 0 unspecified atom stereocenters. The Labute approximate surface area is 74.7 Å². The smallest absolute Gasteiger partial charge is 0.226 e. The second-order valence-electron chi connectivity index (χ2n) is 2.02. The van der Waals surface area contributed by atoms with Crippen molar-refractivity contribution in [3.63, 3.8) is 0 Å². The van der Waals surface area contributed by atoms with E-state index in [0.717, 1.165) is 0 Å². The number of alkyl halides is 1. The van der Waals surface area contributed by atoms with E-state index in [1.54, 1.807) is 6.07 Å². The molecule has 12 heavy (non-hydrogen) atoms. The molecule has 1 aromatic heterocycles. The van der Waals surface area contributed by atoms with Gasteiger partial charge in [0.05, 0.1) is 12.7 Å². The summed E-state index contributed by atoms with van der Waals surface area (Å²) in [6, 6.07) is 1.57. The lowest BCUT2D eigenvalue weighted by Gasteiger charge is -1.98. The van der Waals surface area contributed by atoms with Crippen LogP contribution in [-0.4, -0.2) is 18.8 Å². The molecular formula is C5H7ClN2O3S. The van der Waals surface area contributed by atoms with Gasteiger partial charge in [0.2, 0.25) is 10.0 Å². The third kappa shape index (κ3) is 2.80. The van der Waals surface area contributed by atoms with Crippen LogP contribution in [0.1, 0.15) is 5.76 Å². The zero-order valence-electron chi connectivity index (χ0n) is 6.03. The van der Waals surface area contributed by atoms with Gasteiger partial charge < -0.3 is 4.52 Å². The highest BCUT2D eigenvalue weighted by atomic mass is 35.5. The Hall–Kier alpha value is -0.590. The van der Waals surface area contributed by atoms with E-state index in [9.17, 15) is 8.42 Å². The molecule has 0 amide bonds. The van der Waals surface area contributed by atoms with Gasteiger partial charge in [0.25, 0.3) is 0 Å². The summed E-state index contributed by atoms with van der Waals surface area (Å²) in [5, 5.41) is 2.95. The fourth-order valence-electron chi connectivity index (χ4n) is 0.553. The fraction of sp³-hybridized carbons (Fsp3) is 0.400. The fourth-order valence-corrected chi connectivity index (χ4v) is 1.22. The summed E-state index contributed by atoms with van der Waals surface area (Å²) in [7, 11) is -3.37. The monoisotopic (exact) mass is 210 g/mol. The van der Waals surface area contributed by atoms with Gasteiger partial charge in [-0.25, -0.2) is 13.1 Å². The molecule has 1 N–H and O–H groups in total. The SMILES string of the molecule is O=S(=O)(CCl)NCc1ccno1. The molecule has 1 heterocycles. The van der Waals surface area contributed by atoms with Crippen molar-refractivity contribution in [3.8, 4) is 0 Å². The van der Waals surface area contributed by atoms with Crippen molar-refractivity contribution in [1.29, 1.82) is 0 Å². The first-order valence-corrected chi connectivity index (χ1v) is 5.25. The molecule has 68 valence electrons. The lowest BCUT2D eigenvalue weighted by Crippen LogP contribution is -2.23. The van der Waals surface area contributed by atoms with Gasteiger partial charge in [0.15, 0.2) is 5.76 Å². The minimum atomic E-state index is -3.37. The molecule has 1 rings (SSSR count). The second kappa shape index (κ2) is 3.88. The molecule has 5 nitrogen and oxygen atoms in total. The number of halogens is 1. The Morgan fingerprint density at radius 1 is 1.67 bits per heavy atom. The molecule has 0 spiro atoms. The Kier molecular flexibility index (Phi) is 3.07. The summed E-state index contributed by atoms with van der Waals surface area (Å²) in [4.78, 5) is 0. The number of nitrogens with one attached hydrogen (secondary N) is 1. The van der Waals surface area contributed by atoms with Crippen LogP contribution in [0.4, 0.5) is 0 Å². The van der Waals surface area contributed by atoms with Crippen LogP contribution in [0.15, 0.2) is 16.8 Å². The average molecular weight is 211 g/mol. The van der Waals surface area contributed by atoms with E-state index in [2.05, 4.69) is 14.4 Å². The molecule has 0 bridgehead atoms. The van der Waals surface area contributed by atoms with Crippen molar-refractivity contribution in [1.82, 2.24) is 9.88 Å². The third-order valence-electron chi connectivity index (χ3n) is 1.10. The number of hydrogen-bond donors (Lipinski definition) is 1. The maximum atomic E-state index is 10.8. The summed E-state index contributed by atoms with van der Waals surface area (Å²) in [5.74, 6) is 0.448. The normalized spacial score (nSPS) is 11.8. The van der Waals surface area contributed by atoms with Crippen LogP contribution < -0.4 is 4.72 Å². The maximum absolute atomic E-state index is 10.8. The van der Waals surface area contributed by atoms with Gasteiger partial charge in [-0.3, -0.25) is 0 Å². The minimum Gasteiger partial charge on any atom is -0.360 e. The summed E-state index contributed by atoms with van der Waals surface area (Å²) in [6.07, 6.45) is 1.43. The average Bonchev–Trinajstić information content (AvgIpc) is 2.53. The van der Waals surface area contributed by atoms with Crippen LogP contribution in [0.3, 0.4) is 0 Å². The predicted molar refractivity (Wildman–Crippen MR) is 43.0 cm³/mol. The number of sulfonamides is 1. The van der Waals surface area contributed by atoms with Crippen LogP contribution in [0.2, 0.25) is 0 Å². The molecule has 0 aromatic carbocycles. The zero-order chi connectivity index (χ0) is 9.03. The van der Waals surface area contributed by atoms with Crippen molar-refractivity contribution in [2.45, 2.75) is 6.54 Å². The first-order chi connectivity index (χ1) is 5.64. The van der Waals surface area contributed by atoms with Gasteiger partial charge >= 0.3 is 0 Å². The van der Waals surface area contributed by atoms with E-state index in [1.165, 1.54) is 6.20 Å².